The second kappa shape index (κ2) is 13.5. The Hall–Kier alpha value is -2.35. The molecule has 2 N–H and O–H groups in total. The monoisotopic (exact) mass is 628 g/mol. The van der Waals surface area contributed by atoms with E-state index < -0.39 is 21.9 Å². The minimum Gasteiger partial charge on any atom is -0.481 e. The van der Waals surface area contributed by atoms with Gasteiger partial charge in [0.05, 0.1) is 24.0 Å². The standard InChI is InChI=1S/C26H30Cl2N4O6S2/c1-38-13-12-32(11-10-23(33)34)40(36,37)21-8-6-17(15-19(21)27)18(14-16-4-2-3-5-16)24(35)31-26-29-20-7-9-22(28)30-25(20)39-26/h6-9,15-16,18H,2-5,10-14H2,1H3,(H,33,34)(H,29,31,35). The summed E-state index contributed by atoms with van der Waals surface area (Å²) in [4.78, 5) is 33.8. The Bertz CT molecular complexity index is 1480. The van der Waals surface area contributed by atoms with Gasteiger partial charge in [-0.2, -0.15) is 4.31 Å². The fraction of sp³-hybridized carbons (Fsp3) is 0.462. The number of carboxylic acids is 1. The molecule has 1 aliphatic carbocycles. The number of halogens is 2. The first-order valence-corrected chi connectivity index (χ1v) is 15.8. The van der Waals surface area contributed by atoms with E-state index in [0.29, 0.717) is 38.5 Å². The van der Waals surface area contributed by atoms with E-state index in [1.165, 1.54) is 30.6 Å². The summed E-state index contributed by atoms with van der Waals surface area (Å²) in [6, 6.07) is 7.86. The molecule has 1 aliphatic rings. The molecule has 1 fully saturated rings. The first-order chi connectivity index (χ1) is 19.1. The van der Waals surface area contributed by atoms with Crippen molar-refractivity contribution in [2.75, 3.05) is 32.1 Å². The minimum atomic E-state index is -4.12. The Morgan fingerprint density at radius 3 is 2.60 bits per heavy atom. The van der Waals surface area contributed by atoms with Crippen molar-refractivity contribution >= 4 is 71.9 Å². The number of aliphatic carboxylic acids is 1. The number of carbonyl (C=O) groups is 2. The first-order valence-electron chi connectivity index (χ1n) is 12.8. The maximum Gasteiger partial charge on any atom is 0.304 e. The van der Waals surface area contributed by atoms with Crippen LogP contribution in [0.3, 0.4) is 0 Å². The van der Waals surface area contributed by atoms with Gasteiger partial charge in [0, 0.05) is 20.2 Å². The number of hydrogen-bond acceptors (Lipinski definition) is 8. The zero-order valence-electron chi connectivity index (χ0n) is 21.8. The number of aromatic nitrogens is 2. The van der Waals surface area contributed by atoms with Crippen LogP contribution in [0.25, 0.3) is 10.3 Å². The molecule has 3 aromatic rings. The van der Waals surface area contributed by atoms with Gasteiger partial charge in [-0.25, -0.2) is 18.4 Å². The summed E-state index contributed by atoms with van der Waals surface area (Å²) in [5.74, 6) is -1.62. The maximum absolute atomic E-state index is 13.6. The summed E-state index contributed by atoms with van der Waals surface area (Å²) in [7, 11) is -2.69. The van der Waals surface area contributed by atoms with Crippen LogP contribution < -0.4 is 5.32 Å². The number of thiazole rings is 1. The number of nitrogens with one attached hydrogen (secondary N) is 1. The van der Waals surface area contributed by atoms with Crippen molar-refractivity contribution in [2.45, 2.75) is 49.3 Å². The third-order valence-corrected chi connectivity index (χ3v) is 10.4. The molecule has 216 valence electrons. The Kier molecular flexibility index (Phi) is 10.4. The number of anilines is 1. The van der Waals surface area contributed by atoms with Crippen LogP contribution in [0, 0.1) is 5.92 Å². The summed E-state index contributed by atoms with van der Waals surface area (Å²) in [6.07, 6.45) is 4.47. The first kappa shape index (κ1) is 30.6. The van der Waals surface area contributed by atoms with Gasteiger partial charge in [0.25, 0.3) is 0 Å². The van der Waals surface area contributed by atoms with Crippen LogP contribution in [0.15, 0.2) is 35.2 Å². The van der Waals surface area contributed by atoms with Gasteiger partial charge in [-0.1, -0.05) is 66.3 Å². The molecule has 14 heteroatoms. The predicted molar refractivity (Wildman–Crippen MR) is 155 cm³/mol. The van der Waals surface area contributed by atoms with Crippen molar-refractivity contribution in [1.82, 2.24) is 14.3 Å². The number of carboxylic acid groups (broad SMARTS) is 1. The summed E-state index contributed by atoms with van der Waals surface area (Å²) in [5, 5.41) is 12.7. The molecule has 10 nitrogen and oxygen atoms in total. The second-order valence-corrected chi connectivity index (χ2v) is 13.3. The third-order valence-electron chi connectivity index (χ3n) is 6.91. The highest BCUT2D eigenvalue weighted by Gasteiger charge is 2.31. The van der Waals surface area contributed by atoms with Crippen LogP contribution in [0.4, 0.5) is 5.13 Å². The number of fused-ring (bicyclic) bond motifs is 1. The molecule has 0 saturated heterocycles. The van der Waals surface area contributed by atoms with Crippen molar-refractivity contribution in [3.63, 3.8) is 0 Å². The highest BCUT2D eigenvalue weighted by molar-refractivity contribution is 7.89. The number of amides is 1. The van der Waals surface area contributed by atoms with Crippen LogP contribution in [-0.4, -0.2) is 66.5 Å². The molecule has 2 heterocycles. The highest BCUT2D eigenvalue weighted by Crippen LogP contribution is 2.37. The number of ether oxygens (including phenoxy) is 1. The summed E-state index contributed by atoms with van der Waals surface area (Å²) >= 11 is 13.7. The van der Waals surface area contributed by atoms with E-state index in [4.69, 9.17) is 33.0 Å². The number of methoxy groups -OCH3 is 1. The third kappa shape index (κ3) is 7.48. The normalized spacial score (nSPS) is 15.1. The minimum absolute atomic E-state index is 0.0286. The Balaban J connectivity index is 1.61. The topological polar surface area (TPSA) is 139 Å². The summed E-state index contributed by atoms with van der Waals surface area (Å²) in [5.41, 5.74) is 1.21. The quantitative estimate of drug-likeness (QED) is 0.239. The average Bonchev–Trinajstić information content (AvgIpc) is 3.55. The van der Waals surface area contributed by atoms with Crippen LogP contribution >= 0.6 is 34.5 Å². The highest BCUT2D eigenvalue weighted by atomic mass is 35.5. The molecule has 0 spiro atoms. The van der Waals surface area contributed by atoms with Gasteiger partial charge in [-0.3, -0.25) is 9.59 Å². The van der Waals surface area contributed by atoms with Gasteiger partial charge in [-0.05, 0) is 42.2 Å². The average molecular weight is 630 g/mol. The van der Waals surface area contributed by atoms with Gasteiger partial charge in [0.1, 0.15) is 20.4 Å². The van der Waals surface area contributed by atoms with Crippen LogP contribution in [0.1, 0.15) is 50.0 Å². The van der Waals surface area contributed by atoms with Crippen LogP contribution in [-0.2, 0) is 24.3 Å². The predicted octanol–water partition coefficient (Wildman–Crippen LogP) is 5.41. The lowest BCUT2D eigenvalue weighted by Gasteiger charge is -2.23. The second-order valence-electron chi connectivity index (χ2n) is 9.64. The number of pyridine rings is 1. The molecule has 0 bridgehead atoms. The summed E-state index contributed by atoms with van der Waals surface area (Å²) < 4.78 is 32.9. The number of nitrogens with zero attached hydrogens (tertiary/aromatic N) is 3. The van der Waals surface area contributed by atoms with E-state index in [0.717, 1.165) is 30.0 Å². The Morgan fingerprint density at radius 1 is 1.18 bits per heavy atom. The zero-order valence-corrected chi connectivity index (χ0v) is 25.0. The molecule has 0 radical (unpaired) electrons. The van der Waals surface area contributed by atoms with Crippen molar-refractivity contribution in [3.8, 4) is 0 Å². The molecule has 1 atom stereocenters. The fourth-order valence-corrected chi connectivity index (χ4v) is 7.85. The number of carbonyl (C=O) groups excluding carboxylic acids is 1. The lowest BCUT2D eigenvalue weighted by molar-refractivity contribution is -0.137. The molecule has 4 rings (SSSR count). The van der Waals surface area contributed by atoms with Crippen LogP contribution in [0.2, 0.25) is 10.2 Å². The number of rotatable bonds is 13. The fourth-order valence-electron chi connectivity index (χ4n) is 4.86. The van der Waals surface area contributed by atoms with E-state index in [1.54, 1.807) is 18.2 Å². The van der Waals surface area contributed by atoms with E-state index in [2.05, 4.69) is 15.3 Å². The van der Waals surface area contributed by atoms with Gasteiger partial charge in [0.15, 0.2) is 5.13 Å². The number of hydrogen-bond donors (Lipinski definition) is 2. The molecule has 0 aliphatic heterocycles. The largest absolute Gasteiger partial charge is 0.481 e. The van der Waals surface area contributed by atoms with Gasteiger partial charge in [0.2, 0.25) is 15.9 Å². The molecule has 1 unspecified atom stereocenters. The van der Waals surface area contributed by atoms with E-state index in [-0.39, 0.29) is 41.9 Å². The molecule has 1 aromatic carbocycles. The lowest BCUT2D eigenvalue weighted by Crippen LogP contribution is -2.36. The smallest absolute Gasteiger partial charge is 0.304 e. The van der Waals surface area contributed by atoms with Crippen LogP contribution in [0.5, 0.6) is 0 Å². The van der Waals surface area contributed by atoms with Crippen molar-refractivity contribution in [1.29, 1.82) is 0 Å². The van der Waals surface area contributed by atoms with Crippen molar-refractivity contribution in [3.05, 3.63) is 46.1 Å². The van der Waals surface area contributed by atoms with Crippen molar-refractivity contribution in [2.24, 2.45) is 5.92 Å². The molecular weight excluding hydrogens is 599 g/mol. The maximum atomic E-state index is 13.6. The van der Waals surface area contributed by atoms with E-state index in [1.807, 2.05) is 0 Å². The molecule has 1 amide bonds. The molecule has 1 saturated carbocycles. The van der Waals surface area contributed by atoms with Gasteiger partial charge in [-0.15, -0.1) is 0 Å². The van der Waals surface area contributed by atoms with Crippen molar-refractivity contribution < 1.29 is 27.9 Å². The van der Waals surface area contributed by atoms with E-state index in [9.17, 15) is 18.0 Å². The number of benzene rings is 1. The van der Waals surface area contributed by atoms with Gasteiger partial charge < -0.3 is 15.2 Å². The van der Waals surface area contributed by atoms with Gasteiger partial charge >= 0.3 is 5.97 Å². The van der Waals surface area contributed by atoms with E-state index >= 15 is 0 Å². The SMILES string of the molecule is COCCN(CCC(=O)O)S(=O)(=O)c1ccc(C(CC2CCCC2)C(=O)Nc2nc3ccc(Cl)nc3s2)cc1Cl. The lowest BCUT2D eigenvalue weighted by atomic mass is 9.87. The zero-order chi connectivity index (χ0) is 28.9. The molecule has 2 aromatic heterocycles. The molecule has 40 heavy (non-hydrogen) atoms. The number of sulfonamides is 1. The Labute approximate surface area is 246 Å². The summed E-state index contributed by atoms with van der Waals surface area (Å²) in [6.45, 7) is -0.168. The Morgan fingerprint density at radius 2 is 1.93 bits per heavy atom. The molecular formula is C26H30Cl2N4O6S2.